The van der Waals surface area contributed by atoms with Gasteiger partial charge in [-0.25, -0.2) is 8.42 Å². The Morgan fingerprint density at radius 2 is 1.45 bits per heavy atom. The summed E-state index contributed by atoms with van der Waals surface area (Å²) in [6, 6.07) is 28.6. The van der Waals surface area contributed by atoms with Gasteiger partial charge in [-0.1, -0.05) is 97.1 Å². The molecule has 0 aliphatic heterocycles. The summed E-state index contributed by atoms with van der Waals surface area (Å²) in [5.41, 5.74) is 1.86. The van der Waals surface area contributed by atoms with Crippen LogP contribution in [0.5, 0.6) is 0 Å². The van der Waals surface area contributed by atoms with Gasteiger partial charge in [0.1, 0.15) is 12.6 Å². The molecule has 5 rings (SSSR count). The highest BCUT2D eigenvalue weighted by Gasteiger charge is 2.35. The summed E-state index contributed by atoms with van der Waals surface area (Å²) in [4.78, 5) is 30.4. The third-order valence-electron chi connectivity index (χ3n) is 8.28. The molecule has 0 radical (unpaired) electrons. The van der Waals surface area contributed by atoms with Crippen LogP contribution in [0.25, 0.3) is 0 Å². The van der Waals surface area contributed by atoms with Crippen molar-refractivity contribution >= 4 is 73.3 Å². The van der Waals surface area contributed by atoms with Crippen LogP contribution in [0.15, 0.2) is 108 Å². The molecule has 7 nitrogen and oxygen atoms in total. The SMILES string of the molecule is O=C(NC1CCCCC1)[C@H](Cc1ccccc1)N(Cc1ccc(Cl)c(Cl)c1)C(=O)CN(c1ccc(I)cc1)S(=O)(=O)c1ccccc1. The van der Waals surface area contributed by atoms with Gasteiger partial charge in [0.25, 0.3) is 10.0 Å². The molecule has 2 amide bonds. The molecular weight excluding hydrogens is 768 g/mol. The van der Waals surface area contributed by atoms with E-state index in [1.165, 1.54) is 17.0 Å². The summed E-state index contributed by atoms with van der Waals surface area (Å²) in [7, 11) is -4.16. The van der Waals surface area contributed by atoms with Crippen molar-refractivity contribution in [3.05, 3.63) is 128 Å². The molecule has 1 aliphatic carbocycles. The number of carbonyl (C=O) groups excluding carboxylic acids is 2. The van der Waals surface area contributed by atoms with Gasteiger partial charge in [0.05, 0.1) is 20.6 Å². The van der Waals surface area contributed by atoms with Gasteiger partial charge in [-0.2, -0.15) is 0 Å². The van der Waals surface area contributed by atoms with Crippen molar-refractivity contribution in [2.45, 2.75) is 62.0 Å². The number of halogens is 3. The topological polar surface area (TPSA) is 86.8 Å². The Balaban J connectivity index is 1.56. The van der Waals surface area contributed by atoms with Gasteiger partial charge in [0.15, 0.2) is 0 Å². The number of hydrogen-bond acceptors (Lipinski definition) is 4. The fraction of sp³-hybridized carbons (Fsp3) is 0.278. The molecule has 0 saturated heterocycles. The van der Waals surface area contributed by atoms with Crippen molar-refractivity contribution in [1.29, 1.82) is 0 Å². The van der Waals surface area contributed by atoms with Crippen LogP contribution in [0.2, 0.25) is 10.0 Å². The maximum atomic E-state index is 14.6. The third kappa shape index (κ3) is 9.28. The maximum absolute atomic E-state index is 14.6. The smallest absolute Gasteiger partial charge is 0.264 e. The van der Waals surface area contributed by atoms with E-state index >= 15 is 0 Å². The van der Waals surface area contributed by atoms with Crippen LogP contribution in [0.3, 0.4) is 0 Å². The van der Waals surface area contributed by atoms with E-state index in [2.05, 4.69) is 27.9 Å². The van der Waals surface area contributed by atoms with Gasteiger partial charge in [-0.15, -0.1) is 0 Å². The molecule has 246 valence electrons. The lowest BCUT2D eigenvalue weighted by atomic mass is 9.94. The second-order valence-electron chi connectivity index (χ2n) is 11.6. The summed E-state index contributed by atoms with van der Waals surface area (Å²) in [6.45, 7) is -0.516. The van der Waals surface area contributed by atoms with E-state index in [-0.39, 0.29) is 29.8 Å². The van der Waals surface area contributed by atoms with Crippen LogP contribution in [-0.2, 0) is 32.6 Å². The minimum absolute atomic E-state index is 0.0111. The Hall–Kier alpha value is -3.12. The molecule has 0 unspecified atom stereocenters. The normalized spacial score (nSPS) is 14.3. The number of nitrogens with one attached hydrogen (secondary N) is 1. The zero-order chi connectivity index (χ0) is 33.4. The number of amides is 2. The fourth-order valence-electron chi connectivity index (χ4n) is 5.79. The van der Waals surface area contributed by atoms with E-state index in [1.54, 1.807) is 60.7 Å². The molecule has 1 saturated carbocycles. The Labute approximate surface area is 300 Å². The molecular formula is C36H36Cl2IN3O4S. The van der Waals surface area contributed by atoms with Crippen LogP contribution >= 0.6 is 45.8 Å². The van der Waals surface area contributed by atoms with Gasteiger partial charge in [0.2, 0.25) is 11.8 Å². The van der Waals surface area contributed by atoms with Gasteiger partial charge < -0.3 is 10.2 Å². The van der Waals surface area contributed by atoms with Crippen molar-refractivity contribution in [2.24, 2.45) is 0 Å². The predicted molar refractivity (Wildman–Crippen MR) is 196 cm³/mol. The first-order chi connectivity index (χ1) is 22.6. The van der Waals surface area contributed by atoms with Crippen LogP contribution in [-0.4, -0.2) is 43.8 Å². The number of rotatable bonds is 12. The van der Waals surface area contributed by atoms with E-state index in [0.29, 0.717) is 21.3 Å². The molecule has 4 aromatic rings. The summed E-state index contributed by atoms with van der Waals surface area (Å²) in [6.07, 6.45) is 5.18. The highest BCUT2D eigenvalue weighted by atomic mass is 127. The first-order valence-corrected chi connectivity index (χ1v) is 18.8. The lowest BCUT2D eigenvalue weighted by Crippen LogP contribution is -2.55. The molecule has 0 spiro atoms. The number of anilines is 1. The van der Waals surface area contributed by atoms with Crippen LogP contribution in [0.4, 0.5) is 5.69 Å². The van der Waals surface area contributed by atoms with Gasteiger partial charge in [0, 0.05) is 22.6 Å². The van der Waals surface area contributed by atoms with Gasteiger partial charge in [-0.05, 0) is 95.1 Å². The molecule has 11 heteroatoms. The number of carbonyl (C=O) groups is 2. The minimum Gasteiger partial charge on any atom is -0.352 e. The number of sulfonamides is 1. The highest BCUT2D eigenvalue weighted by molar-refractivity contribution is 14.1. The molecule has 1 N–H and O–H groups in total. The summed E-state index contributed by atoms with van der Waals surface area (Å²) < 4.78 is 30.3. The lowest BCUT2D eigenvalue weighted by molar-refractivity contribution is -0.140. The standard InChI is InChI=1S/C36H36Cl2IN3O4S/c37-32-21-16-27(22-33(32)38)24-41(34(23-26-10-4-1-5-11-26)36(44)40-29-12-6-2-7-13-29)35(43)25-42(30-19-17-28(39)18-20-30)47(45,46)31-14-8-3-9-15-31/h1,3-5,8-11,14-22,29,34H,2,6-7,12-13,23-25H2,(H,40,44)/t34-/m0/s1. The maximum Gasteiger partial charge on any atom is 0.264 e. The monoisotopic (exact) mass is 803 g/mol. The van der Waals surface area contributed by atoms with E-state index in [0.717, 1.165) is 45.5 Å². The second kappa shape index (κ2) is 16.3. The van der Waals surface area contributed by atoms with Crippen molar-refractivity contribution in [3.8, 4) is 0 Å². The Bertz CT molecular complexity index is 1770. The lowest BCUT2D eigenvalue weighted by Gasteiger charge is -2.35. The van der Waals surface area contributed by atoms with Crippen LogP contribution < -0.4 is 9.62 Å². The number of benzene rings is 4. The molecule has 1 atom stereocenters. The molecule has 47 heavy (non-hydrogen) atoms. The first kappa shape index (κ1) is 35.2. The average Bonchev–Trinajstić information content (AvgIpc) is 3.08. The van der Waals surface area contributed by atoms with Crippen molar-refractivity contribution < 1.29 is 18.0 Å². The van der Waals surface area contributed by atoms with Gasteiger partial charge >= 0.3 is 0 Å². The van der Waals surface area contributed by atoms with Crippen molar-refractivity contribution in [2.75, 3.05) is 10.8 Å². The average molecular weight is 805 g/mol. The summed E-state index contributed by atoms with van der Waals surface area (Å²) in [5, 5.41) is 3.89. The highest BCUT2D eigenvalue weighted by Crippen LogP contribution is 2.28. The minimum atomic E-state index is -4.16. The zero-order valence-electron chi connectivity index (χ0n) is 25.7. The largest absolute Gasteiger partial charge is 0.352 e. The molecule has 1 fully saturated rings. The Morgan fingerprint density at radius 3 is 2.09 bits per heavy atom. The molecule has 0 heterocycles. The fourth-order valence-corrected chi connectivity index (χ4v) is 7.90. The van der Waals surface area contributed by atoms with E-state index in [4.69, 9.17) is 23.2 Å². The predicted octanol–water partition coefficient (Wildman–Crippen LogP) is 7.88. The van der Waals surface area contributed by atoms with Crippen molar-refractivity contribution in [3.63, 3.8) is 0 Å². The summed E-state index contributed by atoms with van der Waals surface area (Å²) in [5.74, 6) is -0.810. The zero-order valence-corrected chi connectivity index (χ0v) is 30.2. The van der Waals surface area contributed by atoms with E-state index in [9.17, 15) is 18.0 Å². The van der Waals surface area contributed by atoms with E-state index in [1.807, 2.05) is 30.3 Å². The van der Waals surface area contributed by atoms with Gasteiger partial charge in [-0.3, -0.25) is 13.9 Å². The first-order valence-electron chi connectivity index (χ1n) is 15.5. The third-order valence-corrected chi connectivity index (χ3v) is 11.5. The molecule has 0 aromatic heterocycles. The van der Waals surface area contributed by atoms with E-state index < -0.39 is 28.5 Å². The number of hydrogen-bond donors (Lipinski definition) is 1. The van der Waals surface area contributed by atoms with Crippen molar-refractivity contribution in [1.82, 2.24) is 10.2 Å². The Kier molecular flexibility index (Phi) is 12.2. The number of nitrogens with zero attached hydrogens (tertiary/aromatic N) is 2. The molecule has 0 bridgehead atoms. The Morgan fingerprint density at radius 1 is 0.809 bits per heavy atom. The van der Waals surface area contributed by atoms with Crippen LogP contribution in [0.1, 0.15) is 43.2 Å². The summed E-state index contributed by atoms with van der Waals surface area (Å²) >= 11 is 14.7. The second-order valence-corrected chi connectivity index (χ2v) is 15.5. The van der Waals surface area contributed by atoms with Crippen LogP contribution in [0, 0.1) is 3.57 Å². The molecule has 4 aromatic carbocycles. The quantitative estimate of drug-likeness (QED) is 0.148. The molecule has 1 aliphatic rings.